The number of hydrogen-bond acceptors (Lipinski definition) is 1. The van der Waals surface area contributed by atoms with E-state index in [1.807, 2.05) is 6.92 Å². The van der Waals surface area contributed by atoms with Gasteiger partial charge in [-0.25, -0.2) is 17.6 Å². The van der Waals surface area contributed by atoms with E-state index in [4.69, 9.17) is 0 Å². The normalized spacial score (nSPS) is 12.5. The standard InChI is InChI=1S/C16H15F4N/c1-3-21-16(12-8-11(17)5-4-9(12)2)10-6-13(18)15(20)14(19)7-10/h4-8,16,21H,3H2,1-2H3. The average Bonchev–Trinajstić information content (AvgIpc) is 2.44. The molecule has 0 spiro atoms. The molecule has 1 N–H and O–H groups in total. The number of benzene rings is 2. The molecule has 2 aromatic rings. The Morgan fingerprint density at radius 3 is 2.19 bits per heavy atom. The molecule has 112 valence electrons. The van der Waals surface area contributed by atoms with Gasteiger partial charge in [-0.15, -0.1) is 0 Å². The summed E-state index contributed by atoms with van der Waals surface area (Å²) in [6.45, 7) is 4.09. The molecule has 0 bridgehead atoms. The smallest absolute Gasteiger partial charge is 0.194 e. The SMILES string of the molecule is CCNC(c1cc(F)c(F)c(F)c1)c1cc(F)ccc1C. The summed E-state index contributed by atoms with van der Waals surface area (Å²) in [7, 11) is 0. The first-order chi connectivity index (χ1) is 9.93. The molecule has 1 unspecified atom stereocenters. The van der Waals surface area contributed by atoms with Crippen LogP contribution in [0.2, 0.25) is 0 Å². The molecular formula is C16H15F4N. The summed E-state index contributed by atoms with van der Waals surface area (Å²) >= 11 is 0. The van der Waals surface area contributed by atoms with E-state index in [2.05, 4.69) is 5.32 Å². The van der Waals surface area contributed by atoms with Crippen molar-refractivity contribution < 1.29 is 17.6 Å². The van der Waals surface area contributed by atoms with E-state index in [1.165, 1.54) is 12.1 Å². The van der Waals surface area contributed by atoms with Crippen LogP contribution in [0.5, 0.6) is 0 Å². The van der Waals surface area contributed by atoms with Crippen molar-refractivity contribution in [1.82, 2.24) is 5.32 Å². The predicted octanol–water partition coefficient (Wildman–Crippen LogP) is 4.25. The first kappa shape index (κ1) is 15.5. The lowest BCUT2D eigenvalue weighted by Crippen LogP contribution is -2.23. The van der Waals surface area contributed by atoms with Crippen LogP contribution in [0.15, 0.2) is 30.3 Å². The largest absolute Gasteiger partial charge is 0.307 e. The summed E-state index contributed by atoms with van der Waals surface area (Å²) < 4.78 is 53.4. The topological polar surface area (TPSA) is 12.0 Å². The van der Waals surface area contributed by atoms with Crippen molar-refractivity contribution in [2.45, 2.75) is 19.9 Å². The van der Waals surface area contributed by atoms with Gasteiger partial charge in [0.2, 0.25) is 0 Å². The average molecular weight is 297 g/mol. The fourth-order valence-corrected chi connectivity index (χ4v) is 2.28. The zero-order chi connectivity index (χ0) is 15.6. The van der Waals surface area contributed by atoms with Gasteiger partial charge in [-0.1, -0.05) is 13.0 Å². The van der Waals surface area contributed by atoms with Gasteiger partial charge in [0.05, 0.1) is 6.04 Å². The third-order valence-electron chi connectivity index (χ3n) is 3.30. The van der Waals surface area contributed by atoms with Crippen molar-refractivity contribution in [3.05, 3.63) is 70.3 Å². The molecule has 0 aliphatic heterocycles. The van der Waals surface area contributed by atoms with Gasteiger partial charge in [-0.05, 0) is 54.4 Å². The summed E-state index contributed by atoms with van der Waals surface area (Å²) in [6.07, 6.45) is 0. The van der Waals surface area contributed by atoms with Gasteiger partial charge in [-0.3, -0.25) is 0 Å². The second kappa shape index (κ2) is 6.26. The molecule has 0 aliphatic carbocycles. The van der Waals surface area contributed by atoms with Gasteiger partial charge in [0, 0.05) is 0 Å². The van der Waals surface area contributed by atoms with Crippen molar-refractivity contribution >= 4 is 0 Å². The molecule has 0 heterocycles. The quantitative estimate of drug-likeness (QED) is 0.657. The number of nitrogens with one attached hydrogen (secondary N) is 1. The van der Waals surface area contributed by atoms with Gasteiger partial charge in [0.15, 0.2) is 17.5 Å². The highest BCUT2D eigenvalue weighted by Crippen LogP contribution is 2.28. The fraction of sp³-hybridized carbons (Fsp3) is 0.250. The minimum Gasteiger partial charge on any atom is -0.307 e. The van der Waals surface area contributed by atoms with Crippen LogP contribution in [-0.2, 0) is 0 Å². The molecule has 21 heavy (non-hydrogen) atoms. The summed E-state index contributed by atoms with van der Waals surface area (Å²) in [4.78, 5) is 0. The molecule has 2 aromatic carbocycles. The Kier molecular flexibility index (Phi) is 4.63. The maximum Gasteiger partial charge on any atom is 0.194 e. The Morgan fingerprint density at radius 1 is 1.00 bits per heavy atom. The van der Waals surface area contributed by atoms with Crippen LogP contribution in [0, 0.1) is 30.2 Å². The van der Waals surface area contributed by atoms with Crippen LogP contribution in [0.4, 0.5) is 17.6 Å². The maximum absolute atomic E-state index is 13.5. The zero-order valence-electron chi connectivity index (χ0n) is 11.7. The lowest BCUT2D eigenvalue weighted by atomic mass is 9.94. The molecule has 0 fully saturated rings. The number of rotatable bonds is 4. The third-order valence-corrected chi connectivity index (χ3v) is 3.30. The molecular weight excluding hydrogens is 282 g/mol. The van der Waals surface area contributed by atoms with Crippen LogP contribution in [0.25, 0.3) is 0 Å². The van der Waals surface area contributed by atoms with E-state index in [0.29, 0.717) is 12.1 Å². The second-order valence-electron chi connectivity index (χ2n) is 4.79. The lowest BCUT2D eigenvalue weighted by Gasteiger charge is -2.21. The molecule has 0 aromatic heterocycles. The summed E-state index contributed by atoms with van der Waals surface area (Å²) in [6, 6.07) is 5.45. The summed E-state index contributed by atoms with van der Waals surface area (Å²) in [5.41, 5.74) is 1.54. The lowest BCUT2D eigenvalue weighted by molar-refractivity contribution is 0.442. The van der Waals surface area contributed by atoms with E-state index in [1.54, 1.807) is 13.0 Å². The zero-order valence-corrected chi connectivity index (χ0v) is 11.7. The highest BCUT2D eigenvalue weighted by molar-refractivity contribution is 5.37. The fourth-order valence-electron chi connectivity index (χ4n) is 2.28. The van der Waals surface area contributed by atoms with E-state index in [9.17, 15) is 17.6 Å². The maximum atomic E-state index is 13.5. The highest BCUT2D eigenvalue weighted by atomic mass is 19.2. The van der Waals surface area contributed by atoms with Gasteiger partial charge < -0.3 is 5.32 Å². The van der Waals surface area contributed by atoms with Crippen molar-refractivity contribution in [3.8, 4) is 0 Å². The van der Waals surface area contributed by atoms with Gasteiger partial charge in [0.1, 0.15) is 5.82 Å². The van der Waals surface area contributed by atoms with Crippen LogP contribution >= 0.6 is 0 Å². The monoisotopic (exact) mass is 297 g/mol. The van der Waals surface area contributed by atoms with Crippen molar-refractivity contribution in [2.75, 3.05) is 6.54 Å². The predicted molar refractivity (Wildman–Crippen MR) is 73.0 cm³/mol. The van der Waals surface area contributed by atoms with Gasteiger partial charge in [0.25, 0.3) is 0 Å². The van der Waals surface area contributed by atoms with E-state index < -0.39 is 29.3 Å². The van der Waals surface area contributed by atoms with E-state index in [0.717, 1.165) is 17.7 Å². The Bertz CT molecular complexity index is 632. The first-order valence-corrected chi connectivity index (χ1v) is 6.58. The van der Waals surface area contributed by atoms with Crippen LogP contribution in [-0.4, -0.2) is 6.54 Å². The second-order valence-corrected chi connectivity index (χ2v) is 4.79. The van der Waals surface area contributed by atoms with Gasteiger partial charge in [-0.2, -0.15) is 0 Å². The molecule has 0 saturated carbocycles. The Morgan fingerprint density at radius 2 is 1.62 bits per heavy atom. The van der Waals surface area contributed by atoms with Crippen molar-refractivity contribution in [3.63, 3.8) is 0 Å². The Hall–Kier alpha value is -1.88. The van der Waals surface area contributed by atoms with Crippen molar-refractivity contribution in [1.29, 1.82) is 0 Å². The highest BCUT2D eigenvalue weighted by Gasteiger charge is 2.20. The molecule has 5 heteroatoms. The molecule has 0 saturated heterocycles. The molecule has 1 atom stereocenters. The molecule has 0 aliphatic rings. The van der Waals surface area contributed by atoms with Crippen LogP contribution in [0.1, 0.15) is 29.7 Å². The number of aryl methyl sites for hydroxylation is 1. The van der Waals surface area contributed by atoms with Gasteiger partial charge >= 0.3 is 0 Å². The number of hydrogen-bond donors (Lipinski definition) is 1. The van der Waals surface area contributed by atoms with Crippen molar-refractivity contribution in [2.24, 2.45) is 0 Å². The van der Waals surface area contributed by atoms with Crippen LogP contribution < -0.4 is 5.32 Å². The Labute approximate surface area is 120 Å². The number of halogens is 4. The summed E-state index contributed by atoms with van der Waals surface area (Å²) in [5, 5.41) is 3.03. The molecule has 1 nitrogen and oxygen atoms in total. The van der Waals surface area contributed by atoms with Crippen LogP contribution in [0.3, 0.4) is 0 Å². The Balaban J connectivity index is 2.56. The minimum atomic E-state index is -1.51. The minimum absolute atomic E-state index is 0.210. The molecule has 2 rings (SSSR count). The van der Waals surface area contributed by atoms with E-state index >= 15 is 0 Å². The molecule has 0 amide bonds. The molecule has 0 radical (unpaired) electrons. The summed E-state index contributed by atoms with van der Waals surface area (Å²) in [5.74, 6) is -4.48. The first-order valence-electron chi connectivity index (χ1n) is 6.58. The third kappa shape index (κ3) is 3.24. The van der Waals surface area contributed by atoms with E-state index in [-0.39, 0.29) is 5.56 Å².